The van der Waals surface area contributed by atoms with E-state index < -0.39 is 0 Å². The van der Waals surface area contributed by atoms with Crippen LogP contribution in [0.4, 0.5) is 11.5 Å². The predicted molar refractivity (Wildman–Crippen MR) is 108 cm³/mol. The van der Waals surface area contributed by atoms with Gasteiger partial charge in [0.15, 0.2) is 0 Å². The third-order valence-corrected chi connectivity index (χ3v) is 4.99. The maximum atomic E-state index is 12.4. The number of amides is 1. The van der Waals surface area contributed by atoms with Gasteiger partial charge in [-0.2, -0.15) is 0 Å². The molecule has 0 bridgehead atoms. The fourth-order valence-electron chi connectivity index (χ4n) is 3.33. The lowest BCUT2D eigenvalue weighted by Gasteiger charge is -2.23. The Morgan fingerprint density at radius 2 is 1.69 bits per heavy atom. The zero-order valence-corrected chi connectivity index (χ0v) is 16.0. The van der Waals surface area contributed by atoms with Crippen LogP contribution in [-0.4, -0.2) is 16.9 Å². The largest absolute Gasteiger partial charge is 0.367 e. The lowest BCUT2D eigenvalue weighted by Crippen LogP contribution is -2.22. The Labute approximate surface area is 156 Å². The van der Waals surface area contributed by atoms with Gasteiger partial charge >= 0.3 is 0 Å². The summed E-state index contributed by atoms with van der Waals surface area (Å²) in [5.74, 6) is 0.768. The van der Waals surface area contributed by atoms with Crippen LogP contribution in [0.3, 0.4) is 0 Å². The number of nitrogens with one attached hydrogen (secondary N) is 2. The molecule has 0 unspecified atom stereocenters. The van der Waals surface area contributed by atoms with E-state index in [0.29, 0.717) is 17.3 Å². The van der Waals surface area contributed by atoms with Crippen LogP contribution in [-0.2, 0) is 5.41 Å². The van der Waals surface area contributed by atoms with Crippen molar-refractivity contribution in [2.24, 2.45) is 0 Å². The second-order valence-electron chi connectivity index (χ2n) is 8.19. The summed E-state index contributed by atoms with van der Waals surface area (Å²) in [6, 6.07) is 12.2. The van der Waals surface area contributed by atoms with Crippen molar-refractivity contribution >= 4 is 17.4 Å². The minimum atomic E-state index is -0.111. The zero-order valence-electron chi connectivity index (χ0n) is 16.0. The topological polar surface area (TPSA) is 54.0 Å². The highest BCUT2D eigenvalue weighted by Crippen LogP contribution is 2.23. The fraction of sp³-hybridized carbons (Fsp3) is 0.455. The highest BCUT2D eigenvalue weighted by atomic mass is 16.1. The summed E-state index contributed by atoms with van der Waals surface area (Å²) in [6.45, 7) is 6.49. The van der Waals surface area contributed by atoms with E-state index in [4.69, 9.17) is 0 Å². The van der Waals surface area contributed by atoms with Crippen LogP contribution >= 0.6 is 0 Å². The molecule has 1 aromatic carbocycles. The molecule has 1 heterocycles. The van der Waals surface area contributed by atoms with E-state index >= 15 is 0 Å². The van der Waals surface area contributed by atoms with Crippen LogP contribution in [0.1, 0.15) is 68.8 Å². The van der Waals surface area contributed by atoms with Gasteiger partial charge in [0.25, 0.3) is 5.91 Å². The van der Waals surface area contributed by atoms with Crippen LogP contribution in [0.25, 0.3) is 0 Å². The third-order valence-electron chi connectivity index (χ3n) is 4.99. The Hall–Kier alpha value is -2.36. The van der Waals surface area contributed by atoms with E-state index in [9.17, 15) is 4.79 Å². The molecule has 0 saturated heterocycles. The second kappa shape index (κ2) is 7.90. The maximum Gasteiger partial charge on any atom is 0.255 e. The van der Waals surface area contributed by atoms with Gasteiger partial charge in [-0.25, -0.2) is 4.98 Å². The number of carbonyl (C=O) groups is 1. The molecule has 2 aromatic rings. The maximum absolute atomic E-state index is 12.4. The van der Waals surface area contributed by atoms with E-state index in [2.05, 4.69) is 36.4 Å². The highest BCUT2D eigenvalue weighted by molar-refractivity contribution is 6.04. The van der Waals surface area contributed by atoms with E-state index in [0.717, 1.165) is 5.82 Å². The number of pyridine rings is 1. The van der Waals surface area contributed by atoms with Gasteiger partial charge in [-0.05, 0) is 48.1 Å². The first-order valence-corrected chi connectivity index (χ1v) is 9.56. The molecule has 0 atom stereocenters. The van der Waals surface area contributed by atoms with Crippen LogP contribution in [0.5, 0.6) is 0 Å². The van der Waals surface area contributed by atoms with Crippen molar-refractivity contribution in [2.75, 3.05) is 10.6 Å². The SMILES string of the molecule is CC(C)(C)c1ccc(C(=O)Nc2ccc(NC3CCCCC3)nc2)cc1. The van der Waals surface area contributed by atoms with Gasteiger partial charge in [0, 0.05) is 11.6 Å². The first-order valence-electron chi connectivity index (χ1n) is 9.56. The minimum Gasteiger partial charge on any atom is -0.367 e. The average molecular weight is 351 g/mol. The molecule has 3 rings (SSSR count). The Kier molecular flexibility index (Phi) is 5.60. The van der Waals surface area contributed by atoms with Crippen molar-refractivity contribution in [1.82, 2.24) is 4.98 Å². The van der Waals surface area contributed by atoms with E-state index in [1.165, 1.54) is 37.7 Å². The molecule has 1 aromatic heterocycles. The summed E-state index contributed by atoms with van der Waals surface area (Å²) in [7, 11) is 0. The van der Waals surface area contributed by atoms with Crippen molar-refractivity contribution in [3.63, 3.8) is 0 Å². The van der Waals surface area contributed by atoms with E-state index in [1.807, 2.05) is 36.4 Å². The summed E-state index contributed by atoms with van der Waals surface area (Å²) in [5, 5.41) is 6.41. The number of rotatable bonds is 4. The molecule has 1 amide bonds. The monoisotopic (exact) mass is 351 g/mol. The van der Waals surface area contributed by atoms with Crippen LogP contribution in [0.2, 0.25) is 0 Å². The summed E-state index contributed by atoms with van der Waals surface area (Å²) in [6.07, 6.45) is 8.06. The van der Waals surface area contributed by atoms with Gasteiger partial charge in [0.1, 0.15) is 5.82 Å². The first kappa shape index (κ1) is 18.4. The number of aromatic nitrogens is 1. The molecule has 0 radical (unpaired) electrons. The van der Waals surface area contributed by atoms with Crippen LogP contribution < -0.4 is 10.6 Å². The minimum absolute atomic E-state index is 0.0834. The molecule has 0 spiro atoms. The standard InChI is InChI=1S/C22H29N3O/c1-22(2,3)17-11-9-16(10-12-17)21(26)25-19-13-14-20(23-15-19)24-18-7-5-4-6-8-18/h9-15,18H,4-8H2,1-3H3,(H,23,24)(H,25,26). The molecule has 1 fully saturated rings. The fourth-order valence-corrected chi connectivity index (χ4v) is 3.33. The van der Waals surface area contributed by atoms with Gasteiger partial charge in [-0.3, -0.25) is 4.79 Å². The zero-order chi connectivity index (χ0) is 18.6. The normalized spacial score (nSPS) is 15.5. The number of anilines is 2. The summed E-state index contributed by atoms with van der Waals surface area (Å²) < 4.78 is 0. The number of carbonyl (C=O) groups excluding carboxylic acids is 1. The third kappa shape index (κ3) is 4.84. The highest BCUT2D eigenvalue weighted by Gasteiger charge is 2.15. The molecule has 4 nitrogen and oxygen atoms in total. The Morgan fingerprint density at radius 1 is 1.00 bits per heavy atom. The summed E-state index contributed by atoms with van der Waals surface area (Å²) >= 11 is 0. The summed E-state index contributed by atoms with van der Waals surface area (Å²) in [4.78, 5) is 16.9. The molecule has 4 heteroatoms. The van der Waals surface area contributed by atoms with Crippen molar-refractivity contribution in [2.45, 2.75) is 64.3 Å². The molecule has 1 saturated carbocycles. The molecule has 1 aliphatic rings. The lowest BCUT2D eigenvalue weighted by molar-refractivity contribution is 0.102. The Bertz CT molecular complexity index is 723. The van der Waals surface area contributed by atoms with Crippen molar-refractivity contribution in [3.05, 3.63) is 53.7 Å². The van der Waals surface area contributed by atoms with Gasteiger partial charge in [-0.15, -0.1) is 0 Å². The van der Waals surface area contributed by atoms with Crippen LogP contribution in [0.15, 0.2) is 42.6 Å². The summed E-state index contributed by atoms with van der Waals surface area (Å²) in [5.41, 5.74) is 2.67. The van der Waals surface area contributed by atoms with Gasteiger partial charge in [0.2, 0.25) is 0 Å². The molecule has 2 N–H and O–H groups in total. The molecule has 0 aliphatic heterocycles. The Balaban J connectivity index is 1.58. The average Bonchev–Trinajstić information content (AvgIpc) is 2.63. The smallest absolute Gasteiger partial charge is 0.255 e. The quantitative estimate of drug-likeness (QED) is 0.778. The number of hydrogen-bond acceptors (Lipinski definition) is 3. The molecule has 26 heavy (non-hydrogen) atoms. The van der Waals surface area contributed by atoms with Gasteiger partial charge < -0.3 is 10.6 Å². The second-order valence-corrected chi connectivity index (χ2v) is 8.19. The van der Waals surface area contributed by atoms with Crippen molar-refractivity contribution in [3.8, 4) is 0 Å². The van der Waals surface area contributed by atoms with Gasteiger partial charge in [-0.1, -0.05) is 52.2 Å². The molecular formula is C22H29N3O. The van der Waals surface area contributed by atoms with Crippen LogP contribution in [0, 0.1) is 0 Å². The lowest BCUT2D eigenvalue weighted by atomic mass is 9.87. The Morgan fingerprint density at radius 3 is 2.27 bits per heavy atom. The number of benzene rings is 1. The van der Waals surface area contributed by atoms with Crippen molar-refractivity contribution in [1.29, 1.82) is 0 Å². The molecule has 138 valence electrons. The predicted octanol–water partition coefficient (Wildman–Crippen LogP) is 5.38. The van der Waals surface area contributed by atoms with Gasteiger partial charge in [0.05, 0.1) is 11.9 Å². The first-order chi connectivity index (χ1) is 12.4. The van der Waals surface area contributed by atoms with E-state index in [-0.39, 0.29) is 11.3 Å². The number of hydrogen-bond donors (Lipinski definition) is 2. The number of nitrogens with zero attached hydrogens (tertiary/aromatic N) is 1. The van der Waals surface area contributed by atoms with Crippen molar-refractivity contribution < 1.29 is 4.79 Å². The van der Waals surface area contributed by atoms with E-state index in [1.54, 1.807) is 6.20 Å². The molecule has 1 aliphatic carbocycles. The molecular weight excluding hydrogens is 322 g/mol.